The maximum absolute atomic E-state index is 10.3. The first-order chi connectivity index (χ1) is 8.22. The molecule has 0 spiro atoms. The number of hydrogen-bond donors (Lipinski definition) is 1. The van der Waals surface area contributed by atoms with Crippen LogP contribution in [0, 0.1) is 0 Å². The van der Waals surface area contributed by atoms with Gasteiger partial charge >= 0.3 is 0 Å². The number of benzene rings is 1. The number of pyridine rings is 1. The van der Waals surface area contributed by atoms with Crippen molar-refractivity contribution in [3.05, 3.63) is 64.4 Å². The van der Waals surface area contributed by atoms with Crippen LogP contribution in [0.3, 0.4) is 0 Å². The Morgan fingerprint density at radius 2 is 2.18 bits per heavy atom. The quantitative estimate of drug-likeness (QED) is 0.902. The van der Waals surface area contributed by atoms with Crippen molar-refractivity contribution < 1.29 is 5.11 Å². The van der Waals surface area contributed by atoms with Gasteiger partial charge in [-0.3, -0.25) is 4.98 Å². The number of aliphatic hydroxyl groups excluding tert-OH is 1. The van der Waals surface area contributed by atoms with E-state index in [-0.39, 0.29) is 0 Å². The minimum absolute atomic E-state index is 0.488. The van der Waals surface area contributed by atoms with Gasteiger partial charge in [-0.2, -0.15) is 0 Å². The van der Waals surface area contributed by atoms with Crippen LogP contribution in [0.2, 0.25) is 5.02 Å². The van der Waals surface area contributed by atoms with Crippen LogP contribution in [-0.2, 0) is 6.42 Å². The summed E-state index contributed by atoms with van der Waals surface area (Å²) >= 11 is 6.02. The number of aliphatic hydroxyl groups is 1. The second-order valence-electron chi connectivity index (χ2n) is 3.90. The Morgan fingerprint density at radius 1 is 1.35 bits per heavy atom. The average molecular weight is 248 g/mol. The Bertz CT molecular complexity index is 513. The molecule has 0 saturated heterocycles. The third kappa shape index (κ3) is 2.65. The van der Waals surface area contributed by atoms with Crippen LogP contribution in [0.15, 0.2) is 42.7 Å². The first-order valence-corrected chi connectivity index (χ1v) is 5.96. The normalized spacial score (nSPS) is 12.4. The van der Waals surface area contributed by atoms with Crippen molar-refractivity contribution >= 4 is 11.6 Å². The molecule has 2 aromatic rings. The Hall–Kier alpha value is -1.38. The maximum atomic E-state index is 10.3. The summed E-state index contributed by atoms with van der Waals surface area (Å²) in [6.45, 7) is 2.09. The first-order valence-electron chi connectivity index (χ1n) is 5.58. The van der Waals surface area contributed by atoms with Crippen molar-refractivity contribution in [3.8, 4) is 0 Å². The number of halogens is 1. The van der Waals surface area contributed by atoms with E-state index < -0.39 is 6.10 Å². The molecule has 1 atom stereocenters. The van der Waals surface area contributed by atoms with Crippen molar-refractivity contribution in [2.45, 2.75) is 19.4 Å². The summed E-state index contributed by atoms with van der Waals surface area (Å²) in [5.41, 5.74) is 2.75. The van der Waals surface area contributed by atoms with Crippen LogP contribution in [0.5, 0.6) is 0 Å². The second-order valence-corrected chi connectivity index (χ2v) is 4.31. The highest BCUT2D eigenvalue weighted by Gasteiger charge is 2.13. The highest BCUT2D eigenvalue weighted by Crippen LogP contribution is 2.27. The molecule has 0 amide bonds. The van der Waals surface area contributed by atoms with E-state index in [4.69, 9.17) is 11.6 Å². The molecule has 0 aliphatic heterocycles. The highest BCUT2D eigenvalue weighted by atomic mass is 35.5. The van der Waals surface area contributed by atoms with E-state index in [9.17, 15) is 5.11 Å². The van der Waals surface area contributed by atoms with Crippen LogP contribution < -0.4 is 0 Å². The van der Waals surface area contributed by atoms with Crippen LogP contribution >= 0.6 is 11.6 Å². The fourth-order valence-corrected chi connectivity index (χ4v) is 1.99. The zero-order valence-corrected chi connectivity index (χ0v) is 10.4. The topological polar surface area (TPSA) is 33.1 Å². The van der Waals surface area contributed by atoms with Crippen molar-refractivity contribution in [1.29, 1.82) is 0 Å². The number of hydrogen-bond acceptors (Lipinski definition) is 2. The molecule has 1 heterocycles. The zero-order chi connectivity index (χ0) is 12.3. The molecule has 2 rings (SSSR count). The molecule has 0 radical (unpaired) electrons. The molecule has 1 unspecified atom stereocenters. The summed E-state index contributed by atoms with van der Waals surface area (Å²) in [6.07, 6.45) is 3.43. The molecule has 0 fully saturated rings. The Labute approximate surface area is 106 Å². The van der Waals surface area contributed by atoms with E-state index in [1.165, 1.54) is 5.56 Å². The molecule has 0 saturated carbocycles. The lowest BCUT2D eigenvalue weighted by Gasteiger charge is -2.13. The predicted molar refractivity (Wildman–Crippen MR) is 69.1 cm³/mol. The van der Waals surface area contributed by atoms with Gasteiger partial charge in [0.25, 0.3) is 0 Å². The molecular formula is C14H14ClNO. The first kappa shape index (κ1) is 12.1. The highest BCUT2D eigenvalue weighted by molar-refractivity contribution is 6.31. The molecule has 0 aliphatic rings. The lowest BCUT2D eigenvalue weighted by molar-refractivity contribution is 0.220. The minimum atomic E-state index is -0.697. The van der Waals surface area contributed by atoms with Gasteiger partial charge in [-0.1, -0.05) is 42.8 Å². The van der Waals surface area contributed by atoms with Crippen LogP contribution in [-0.4, -0.2) is 10.1 Å². The fraction of sp³-hybridized carbons (Fsp3) is 0.214. The third-order valence-corrected chi connectivity index (χ3v) is 3.09. The SMILES string of the molecule is CCc1cccc(C(O)c2ccncc2Cl)c1. The van der Waals surface area contributed by atoms with Crippen molar-refractivity contribution in [2.75, 3.05) is 0 Å². The number of aromatic nitrogens is 1. The van der Waals surface area contributed by atoms with Gasteiger partial charge < -0.3 is 5.11 Å². The van der Waals surface area contributed by atoms with Crippen LogP contribution in [0.4, 0.5) is 0 Å². The van der Waals surface area contributed by atoms with E-state index >= 15 is 0 Å². The molecule has 1 N–H and O–H groups in total. The summed E-state index contributed by atoms with van der Waals surface area (Å²) < 4.78 is 0. The van der Waals surface area contributed by atoms with Crippen LogP contribution in [0.1, 0.15) is 29.7 Å². The largest absolute Gasteiger partial charge is 0.384 e. The third-order valence-electron chi connectivity index (χ3n) is 2.77. The predicted octanol–water partition coefficient (Wildman–Crippen LogP) is 3.38. The molecule has 88 valence electrons. The second kappa shape index (κ2) is 5.30. The van der Waals surface area contributed by atoms with Gasteiger partial charge in [0.05, 0.1) is 5.02 Å². The molecule has 2 nitrogen and oxygen atoms in total. The van der Waals surface area contributed by atoms with E-state index in [0.717, 1.165) is 12.0 Å². The molecule has 3 heteroatoms. The van der Waals surface area contributed by atoms with Gasteiger partial charge in [-0.05, 0) is 23.6 Å². The van der Waals surface area contributed by atoms with Gasteiger partial charge in [-0.15, -0.1) is 0 Å². The monoisotopic (exact) mass is 247 g/mol. The number of nitrogens with zero attached hydrogens (tertiary/aromatic N) is 1. The summed E-state index contributed by atoms with van der Waals surface area (Å²) in [5.74, 6) is 0. The molecule has 1 aromatic carbocycles. The lowest BCUT2D eigenvalue weighted by Crippen LogP contribution is -2.01. The van der Waals surface area contributed by atoms with E-state index in [1.54, 1.807) is 18.5 Å². The summed E-state index contributed by atoms with van der Waals surface area (Å²) in [7, 11) is 0. The molecular weight excluding hydrogens is 234 g/mol. The van der Waals surface area contributed by atoms with Gasteiger partial charge in [0.2, 0.25) is 0 Å². The fourth-order valence-electron chi connectivity index (χ4n) is 1.77. The van der Waals surface area contributed by atoms with Crippen molar-refractivity contribution in [2.24, 2.45) is 0 Å². The van der Waals surface area contributed by atoms with Gasteiger partial charge in [-0.25, -0.2) is 0 Å². The van der Waals surface area contributed by atoms with Gasteiger partial charge in [0.15, 0.2) is 0 Å². The Balaban J connectivity index is 2.37. The minimum Gasteiger partial charge on any atom is -0.384 e. The van der Waals surface area contributed by atoms with Crippen molar-refractivity contribution in [3.63, 3.8) is 0 Å². The summed E-state index contributed by atoms with van der Waals surface area (Å²) in [4.78, 5) is 3.91. The standard InChI is InChI=1S/C14H14ClNO/c1-2-10-4-3-5-11(8-10)14(17)12-6-7-16-9-13(12)15/h3-9,14,17H,2H2,1H3. The number of aryl methyl sites for hydroxylation is 1. The van der Waals surface area contributed by atoms with E-state index in [0.29, 0.717) is 10.6 Å². The molecule has 0 aliphatic carbocycles. The maximum Gasteiger partial charge on any atom is 0.106 e. The van der Waals surface area contributed by atoms with Crippen molar-refractivity contribution in [1.82, 2.24) is 4.98 Å². The molecule has 17 heavy (non-hydrogen) atoms. The average Bonchev–Trinajstić information content (AvgIpc) is 2.38. The van der Waals surface area contributed by atoms with Crippen LogP contribution in [0.25, 0.3) is 0 Å². The molecule has 0 bridgehead atoms. The lowest BCUT2D eigenvalue weighted by atomic mass is 10.00. The molecule has 1 aromatic heterocycles. The summed E-state index contributed by atoms with van der Waals surface area (Å²) in [6, 6.07) is 9.64. The number of rotatable bonds is 3. The zero-order valence-electron chi connectivity index (χ0n) is 9.60. The van der Waals surface area contributed by atoms with Gasteiger partial charge in [0, 0.05) is 18.0 Å². The van der Waals surface area contributed by atoms with E-state index in [2.05, 4.69) is 11.9 Å². The van der Waals surface area contributed by atoms with E-state index in [1.807, 2.05) is 24.3 Å². The smallest absolute Gasteiger partial charge is 0.106 e. The Kier molecular flexibility index (Phi) is 3.77. The Morgan fingerprint density at radius 3 is 2.88 bits per heavy atom. The summed E-state index contributed by atoms with van der Waals surface area (Å²) in [5, 5.41) is 10.8. The van der Waals surface area contributed by atoms with Gasteiger partial charge in [0.1, 0.15) is 6.10 Å².